The average Bonchev–Trinajstić information content (AvgIpc) is 3.20. The largest absolute Gasteiger partial charge is 0.343 e. The molecule has 15 heteroatoms. The number of carbonyl (C=O) groups is 6. The van der Waals surface area contributed by atoms with Gasteiger partial charge in [-0.15, -0.1) is 0 Å². The molecule has 408 valence electrons. The van der Waals surface area contributed by atoms with Gasteiger partial charge >= 0.3 is 12.1 Å². The minimum atomic E-state index is -0.957. The van der Waals surface area contributed by atoms with Gasteiger partial charge in [-0.1, -0.05) is 69.2 Å². The molecule has 0 aliphatic rings. The predicted octanol–water partition coefficient (Wildman–Crippen LogP) is 10.6. The van der Waals surface area contributed by atoms with Crippen LogP contribution in [0.5, 0.6) is 0 Å². The van der Waals surface area contributed by atoms with Crippen LogP contribution in [0.1, 0.15) is 199 Å². The summed E-state index contributed by atoms with van der Waals surface area (Å²) >= 11 is 0. The Balaban J connectivity index is 6.49. The second-order valence-corrected chi connectivity index (χ2v) is 26.4. The van der Waals surface area contributed by atoms with E-state index in [2.05, 4.69) is 21.5 Å². The summed E-state index contributed by atoms with van der Waals surface area (Å²) in [6, 6.07) is 1.04. The summed E-state index contributed by atoms with van der Waals surface area (Å²) in [5.41, 5.74) is -6.01. The van der Waals surface area contributed by atoms with Crippen LogP contribution >= 0.6 is 0 Å². The minimum absolute atomic E-state index is 0.00129. The highest BCUT2D eigenvalue weighted by atomic mass is 16.2. The molecule has 4 atom stereocenters. The van der Waals surface area contributed by atoms with Crippen LogP contribution in [0, 0.1) is 57.3 Å². The number of carbonyl (C=O) groups excluding carboxylic acids is 6. The van der Waals surface area contributed by atoms with E-state index in [-0.39, 0.29) is 81.0 Å². The summed E-state index contributed by atoms with van der Waals surface area (Å²) in [5, 5.41) is 16.2. The normalized spacial score (nSPS) is 15.3. The standard InChI is InChI=1S/C56H103N9O6/c1-27-61(28-2)44(67)54(22,23)33-42(37-57)34-55(24,39(3)4)45(68)62(49(8,9)10)29-31-64(51(14,15)16)47(70)59-38-60-48(71)65(52(17,18)19)32-30-63(50(11,12)13)46(69)56(25,40(5)6)36-43(58-26)35-53(20,21)41(7)66/h39-40,42-43H,27-36,38H2,1-25H3,(H,59,70)(H,60,71). The van der Waals surface area contributed by atoms with Gasteiger partial charge in [-0.2, -0.15) is 5.26 Å². The molecule has 0 aliphatic heterocycles. The smallest absolute Gasteiger partial charge is 0.319 e. The lowest BCUT2D eigenvalue weighted by atomic mass is 9.68. The fraction of sp³-hybridized carbons (Fsp3) is 0.857. The van der Waals surface area contributed by atoms with Crippen molar-refractivity contribution in [2.45, 2.75) is 227 Å². The summed E-state index contributed by atoms with van der Waals surface area (Å²) in [7, 11) is 0. The first-order chi connectivity index (χ1) is 31.9. The van der Waals surface area contributed by atoms with Gasteiger partial charge in [-0.05, 0) is 129 Å². The first-order valence-corrected chi connectivity index (χ1v) is 26.2. The molecule has 0 rings (SSSR count). The van der Waals surface area contributed by atoms with Crippen LogP contribution in [0.25, 0.3) is 4.85 Å². The second kappa shape index (κ2) is 25.5. The maximum atomic E-state index is 14.9. The number of rotatable bonds is 24. The third-order valence-corrected chi connectivity index (χ3v) is 15.1. The summed E-state index contributed by atoms with van der Waals surface area (Å²) in [5.74, 6) is -1.08. The topological polar surface area (TPSA) is 171 Å². The van der Waals surface area contributed by atoms with Crippen molar-refractivity contribution < 1.29 is 28.8 Å². The molecule has 2 N–H and O–H groups in total. The second-order valence-electron chi connectivity index (χ2n) is 26.4. The van der Waals surface area contributed by atoms with Gasteiger partial charge < -0.3 is 40.0 Å². The number of hydrogen-bond donors (Lipinski definition) is 2. The summed E-state index contributed by atoms with van der Waals surface area (Å²) in [6.07, 6.45) is 1.21. The van der Waals surface area contributed by atoms with E-state index >= 15 is 0 Å². The first kappa shape index (κ1) is 66.6. The highest BCUT2D eigenvalue weighted by Crippen LogP contribution is 2.43. The Morgan fingerprint density at radius 2 is 0.859 bits per heavy atom. The van der Waals surface area contributed by atoms with Crippen LogP contribution in [-0.2, 0) is 19.2 Å². The van der Waals surface area contributed by atoms with Gasteiger partial charge in [0.2, 0.25) is 23.8 Å². The number of nitrogens with zero attached hydrogens (tertiary/aromatic N) is 7. The Hall–Kier alpha value is -4.40. The van der Waals surface area contributed by atoms with E-state index in [1.165, 1.54) is 6.92 Å². The molecule has 71 heavy (non-hydrogen) atoms. The van der Waals surface area contributed by atoms with Gasteiger partial charge in [-0.3, -0.25) is 19.2 Å². The molecule has 0 saturated heterocycles. The van der Waals surface area contributed by atoms with Gasteiger partial charge in [0, 0.05) is 91.0 Å². The van der Waals surface area contributed by atoms with Crippen LogP contribution in [-0.4, -0.2) is 134 Å². The Kier molecular flexibility index (Phi) is 23.9. The van der Waals surface area contributed by atoms with Gasteiger partial charge in [0.1, 0.15) is 5.78 Å². The number of Topliss-reactive ketones (excluding diaryl/α,β-unsaturated/α-hetero) is 1. The lowest BCUT2D eigenvalue weighted by molar-refractivity contribution is -0.151. The van der Waals surface area contributed by atoms with Crippen molar-refractivity contribution in [1.29, 1.82) is 5.26 Å². The fourth-order valence-electron chi connectivity index (χ4n) is 9.21. The van der Waals surface area contributed by atoms with Crippen molar-refractivity contribution >= 4 is 35.6 Å². The zero-order valence-electron chi connectivity index (χ0n) is 49.7. The first-order valence-electron chi connectivity index (χ1n) is 26.2. The van der Waals surface area contributed by atoms with Gasteiger partial charge in [0.05, 0.1) is 23.6 Å². The Bertz CT molecular complexity index is 1900. The van der Waals surface area contributed by atoms with Crippen molar-refractivity contribution in [3.05, 3.63) is 11.4 Å². The summed E-state index contributed by atoms with van der Waals surface area (Å²) in [4.78, 5) is 96.4. The van der Waals surface area contributed by atoms with Crippen molar-refractivity contribution in [1.82, 2.24) is 35.1 Å². The third-order valence-electron chi connectivity index (χ3n) is 15.1. The molecule has 0 heterocycles. The Morgan fingerprint density at radius 3 is 1.14 bits per heavy atom. The molecule has 0 fully saturated rings. The van der Waals surface area contributed by atoms with Gasteiger partial charge in [0.15, 0.2) is 0 Å². The SMILES string of the molecule is [C-]#[N+]C(CC(C)(C)C(C)=O)CC(C)(C(=O)N(CCN(C(=O)NCNC(=O)N(CCN(C(=O)C(C)(CC(C#N)CC(C)(C)C(=O)N(CC)CC)C(C)C)C(C)(C)C)C(C)(C)C)C(C)(C)C)C(C)(C)C)C(C)C. The predicted molar refractivity (Wildman–Crippen MR) is 288 cm³/mol. The molecular weight excluding hydrogens is 895 g/mol. The number of urea groups is 2. The lowest BCUT2D eigenvalue weighted by Gasteiger charge is -2.46. The van der Waals surface area contributed by atoms with Crippen LogP contribution in [0.15, 0.2) is 0 Å². The Labute approximate surface area is 433 Å². The number of ketones is 1. The molecule has 4 unspecified atom stereocenters. The zero-order chi connectivity index (χ0) is 56.3. The average molecular weight is 998 g/mol. The van der Waals surface area contributed by atoms with Crippen LogP contribution < -0.4 is 10.6 Å². The van der Waals surface area contributed by atoms with Gasteiger partial charge in [0.25, 0.3) is 0 Å². The van der Waals surface area contributed by atoms with E-state index < -0.39 is 67.8 Å². The van der Waals surface area contributed by atoms with Crippen LogP contribution in [0.2, 0.25) is 0 Å². The number of nitriles is 1. The third kappa shape index (κ3) is 18.6. The number of amides is 7. The van der Waals surface area contributed by atoms with Crippen molar-refractivity contribution in [2.75, 3.05) is 45.9 Å². The zero-order valence-corrected chi connectivity index (χ0v) is 49.7. The molecular formula is C56H103N9O6. The Morgan fingerprint density at radius 1 is 0.521 bits per heavy atom. The molecule has 0 spiro atoms. The van der Waals surface area contributed by atoms with E-state index in [0.29, 0.717) is 25.9 Å². The molecule has 0 aromatic rings. The fourth-order valence-corrected chi connectivity index (χ4v) is 9.21. The summed E-state index contributed by atoms with van der Waals surface area (Å²) < 4.78 is 0. The minimum Gasteiger partial charge on any atom is -0.343 e. The monoisotopic (exact) mass is 998 g/mol. The van der Waals surface area contributed by atoms with E-state index in [4.69, 9.17) is 6.57 Å². The molecule has 0 radical (unpaired) electrons. The van der Waals surface area contributed by atoms with E-state index in [1.807, 2.05) is 166 Å². The summed E-state index contributed by atoms with van der Waals surface area (Å²) in [6.45, 7) is 57.6. The molecule has 0 aromatic carbocycles. The molecule has 0 aliphatic carbocycles. The van der Waals surface area contributed by atoms with E-state index in [1.54, 1.807) is 24.5 Å². The highest BCUT2D eigenvalue weighted by Gasteiger charge is 2.48. The molecule has 7 amide bonds. The molecule has 0 saturated carbocycles. The molecule has 0 bridgehead atoms. The van der Waals surface area contributed by atoms with Crippen molar-refractivity contribution in [2.24, 2.45) is 39.4 Å². The van der Waals surface area contributed by atoms with Crippen molar-refractivity contribution in [3.8, 4) is 6.07 Å². The van der Waals surface area contributed by atoms with Crippen LogP contribution in [0.3, 0.4) is 0 Å². The maximum Gasteiger partial charge on any atom is 0.319 e. The lowest BCUT2D eigenvalue weighted by Crippen LogP contribution is -2.60. The number of hydrogen-bond acceptors (Lipinski definition) is 7. The van der Waals surface area contributed by atoms with E-state index in [0.717, 1.165) is 0 Å². The quantitative estimate of drug-likeness (QED) is 0.0716. The van der Waals surface area contributed by atoms with Crippen molar-refractivity contribution in [3.63, 3.8) is 0 Å². The highest BCUT2D eigenvalue weighted by molar-refractivity contribution is 5.85. The van der Waals surface area contributed by atoms with Gasteiger partial charge in [-0.25, -0.2) is 16.2 Å². The molecule has 15 nitrogen and oxygen atoms in total. The maximum absolute atomic E-state index is 14.9. The molecule has 0 aromatic heterocycles. The van der Waals surface area contributed by atoms with Crippen LogP contribution in [0.4, 0.5) is 9.59 Å². The van der Waals surface area contributed by atoms with E-state index in [9.17, 15) is 34.0 Å². The number of nitrogens with one attached hydrogen (secondary N) is 2.